The molecule has 0 N–H and O–H groups in total. The molecule has 4 heteroatoms. The number of carbonyl (C=O) groups excluding carboxylic acids is 1. The molecule has 0 unspecified atom stereocenters. The van der Waals surface area contributed by atoms with Gasteiger partial charge in [0, 0.05) is 25.4 Å². The van der Waals surface area contributed by atoms with Crippen molar-refractivity contribution >= 4 is 17.7 Å². The fourth-order valence-corrected chi connectivity index (χ4v) is 4.01. The van der Waals surface area contributed by atoms with Gasteiger partial charge in [-0.05, 0) is 38.8 Å². The Hall–Kier alpha value is -0.220. The summed E-state index contributed by atoms with van der Waals surface area (Å²) in [6, 6.07) is 0. The van der Waals surface area contributed by atoms with Crippen LogP contribution in [0.5, 0.6) is 0 Å². The van der Waals surface area contributed by atoms with E-state index in [1.807, 2.05) is 11.8 Å². The highest BCUT2D eigenvalue weighted by Gasteiger charge is 2.15. The van der Waals surface area contributed by atoms with E-state index < -0.39 is 0 Å². The Balaban J connectivity index is 1.56. The summed E-state index contributed by atoms with van der Waals surface area (Å²) in [7, 11) is 0. The predicted molar refractivity (Wildman–Crippen MR) is 87.3 cm³/mol. The second kappa shape index (κ2) is 9.67. The Bertz CT molecular complexity index is 270. The van der Waals surface area contributed by atoms with Crippen molar-refractivity contribution in [1.82, 2.24) is 9.80 Å². The maximum Gasteiger partial charge on any atom is 0.232 e. The van der Waals surface area contributed by atoms with Crippen LogP contribution in [0, 0.1) is 0 Å². The molecule has 2 aliphatic rings. The van der Waals surface area contributed by atoms with Gasteiger partial charge in [0.1, 0.15) is 0 Å². The highest BCUT2D eigenvalue weighted by Crippen LogP contribution is 2.13. The summed E-state index contributed by atoms with van der Waals surface area (Å²) in [5, 5.41) is 0. The van der Waals surface area contributed by atoms with E-state index in [1.54, 1.807) is 0 Å². The minimum atomic E-state index is 0.368. The maximum atomic E-state index is 12.1. The second-order valence-electron chi connectivity index (χ2n) is 6.10. The van der Waals surface area contributed by atoms with Crippen LogP contribution in [0.1, 0.15) is 51.4 Å². The van der Waals surface area contributed by atoms with Crippen molar-refractivity contribution in [2.75, 3.05) is 44.2 Å². The number of amides is 1. The van der Waals surface area contributed by atoms with E-state index in [0.29, 0.717) is 11.7 Å². The highest BCUT2D eigenvalue weighted by molar-refractivity contribution is 7.99. The lowest BCUT2D eigenvalue weighted by molar-refractivity contribution is -0.128. The van der Waals surface area contributed by atoms with Gasteiger partial charge in [-0.15, -0.1) is 0 Å². The summed E-state index contributed by atoms with van der Waals surface area (Å²) in [4.78, 5) is 16.8. The Morgan fingerprint density at radius 1 is 0.800 bits per heavy atom. The van der Waals surface area contributed by atoms with Crippen LogP contribution in [0.4, 0.5) is 0 Å². The van der Waals surface area contributed by atoms with E-state index in [4.69, 9.17) is 0 Å². The van der Waals surface area contributed by atoms with E-state index in [-0.39, 0.29) is 0 Å². The van der Waals surface area contributed by atoms with E-state index >= 15 is 0 Å². The van der Waals surface area contributed by atoms with Crippen molar-refractivity contribution in [3.63, 3.8) is 0 Å². The Morgan fingerprint density at radius 3 is 1.95 bits per heavy atom. The molecule has 0 bridgehead atoms. The molecule has 116 valence electrons. The first-order valence-electron chi connectivity index (χ1n) is 8.44. The summed E-state index contributed by atoms with van der Waals surface area (Å²) < 4.78 is 0. The van der Waals surface area contributed by atoms with Gasteiger partial charge in [0.15, 0.2) is 0 Å². The van der Waals surface area contributed by atoms with Crippen LogP contribution < -0.4 is 0 Å². The van der Waals surface area contributed by atoms with Crippen molar-refractivity contribution in [2.45, 2.75) is 51.4 Å². The number of carbonyl (C=O) groups is 1. The molecule has 0 aromatic carbocycles. The molecule has 2 aliphatic heterocycles. The lowest BCUT2D eigenvalue weighted by Gasteiger charge is -2.21. The number of rotatable bonds is 5. The first-order chi connectivity index (χ1) is 9.86. The lowest BCUT2D eigenvalue weighted by Crippen LogP contribution is -2.33. The minimum Gasteiger partial charge on any atom is -0.342 e. The molecule has 2 rings (SSSR count). The fraction of sp³-hybridized carbons (Fsp3) is 0.938. The summed E-state index contributed by atoms with van der Waals surface area (Å²) in [5.74, 6) is 2.17. The van der Waals surface area contributed by atoms with Crippen molar-refractivity contribution < 1.29 is 4.79 Å². The molecule has 0 aromatic heterocycles. The number of nitrogens with zero attached hydrogens (tertiary/aromatic N) is 2. The van der Waals surface area contributed by atoms with E-state index in [2.05, 4.69) is 9.80 Å². The average molecular weight is 298 g/mol. The highest BCUT2D eigenvalue weighted by atomic mass is 32.2. The number of hydrogen-bond acceptors (Lipinski definition) is 3. The number of thioether (sulfide) groups is 1. The minimum absolute atomic E-state index is 0.368. The summed E-state index contributed by atoms with van der Waals surface area (Å²) in [6.45, 7) is 5.68. The van der Waals surface area contributed by atoms with Crippen molar-refractivity contribution in [3.8, 4) is 0 Å². The zero-order valence-corrected chi connectivity index (χ0v) is 13.6. The zero-order valence-electron chi connectivity index (χ0n) is 12.8. The van der Waals surface area contributed by atoms with Crippen LogP contribution in [0.2, 0.25) is 0 Å². The molecule has 0 aromatic rings. The largest absolute Gasteiger partial charge is 0.342 e. The molecule has 1 amide bonds. The van der Waals surface area contributed by atoms with Gasteiger partial charge in [-0.3, -0.25) is 4.79 Å². The Morgan fingerprint density at radius 2 is 1.35 bits per heavy atom. The topological polar surface area (TPSA) is 23.6 Å². The van der Waals surface area contributed by atoms with E-state index in [9.17, 15) is 4.79 Å². The predicted octanol–water partition coefficient (Wildman–Crippen LogP) is 3.00. The van der Waals surface area contributed by atoms with E-state index in [1.165, 1.54) is 64.5 Å². The third-order valence-electron chi connectivity index (χ3n) is 4.43. The number of hydrogen-bond donors (Lipinski definition) is 0. The Labute approximate surface area is 128 Å². The quantitative estimate of drug-likeness (QED) is 0.729. The third-order valence-corrected chi connectivity index (χ3v) is 5.36. The third kappa shape index (κ3) is 6.04. The summed E-state index contributed by atoms with van der Waals surface area (Å²) in [5.41, 5.74) is 0. The molecule has 20 heavy (non-hydrogen) atoms. The molecule has 0 atom stereocenters. The molecular weight excluding hydrogens is 268 g/mol. The van der Waals surface area contributed by atoms with Gasteiger partial charge >= 0.3 is 0 Å². The van der Waals surface area contributed by atoms with Gasteiger partial charge in [0.2, 0.25) is 5.91 Å². The molecule has 2 fully saturated rings. The molecule has 2 heterocycles. The van der Waals surface area contributed by atoms with Crippen molar-refractivity contribution in [1.29, 1.82) is 0 Å². The first kappa shape index (κ1) is 16.2. The number of likely N-dealkylation sites (tertiary alicyclic amines) is 2. The standard InChI is InChI=1S/C16H30N2OS/c19-16(18-11-7-3-4-8-12-18)15-20-14-13-17-9-5-1-2-6-10-17/h1-15H2. The van der Waals surface area contributed by atoms with Crippen LogP contribution in [0.25, 0.3) is 0 Å². The van der Waals surface area contributed by atoms with Crippen LogP contribution in [0.3, 0.4) is 0 Å². The van der Waals surface area contributed by atoms with Crippen LogP contribution in [-0.4, -0.2) is 59.9 Å². The average Bonchev–Trinajstić information content (AvgIpc) is 2.88. The van der Waals surface area contributed by atoms with Gasteiger partial charge in [-0.1, -0.05) is 25.7 Å². The smallest absolute Gasteiger partial charge is 0.232 e. The summed E-state index contributed by atoms with van der Waals surface area (Å²) in [6.07, 6.45) is 10.5. The maximum absolute atomic E-state index is 12.1. The van der Waals surface area contributed by atoms with E-state index in [0.717, 1.165) is 25.4 Å². The van der Waals surface area contributed by atoms with Gasteiger partial charge in [0.25, 0.3) is 0 Å². The van der Waals surface area contributed by atoms with Gasteiger partial charge in [-0.2, -0.15) is 11.8 Å². The lowest BCUT2D eigenvalue weighted by atomic mass is 10.2. The van der Waals surface area contributed by atoms with Crippen LogP contribution in [0.15, 0.2) is 0 Å². The van der Waals surface area contributed by atoms with Gasteiger partial charge < -0.3 is 9.80 Å². The van der Waals surface area contributed by atoms with Crippen LogP contribution >= 0.6 is 11.8 Å². The SMILES string of the molecule is O=C(CSCCN1CCCCCC1)N1CCCCCC1. The zero-order chi connectivity index (χ0) is 14.0. The normalized spacial score (nSPS) is 22.3. The van der Waals surface area contributed by atoms with Crippen molar-refractivity contribution in [2.24, 2.45) is 0 Å². The van der Waals surface area contributed by atoms with Crippen molar-refractivity contribution in [3.05, 3.63) is 0 Å². The van der Waals surface area contributed by atoms with Gasteiger partial charge in [0.05, 0.1) is 5.75 Å². The Kier molecular flexibility index (Phi) is 7.81. The molecule has 0 radical (unpaired) electrons. The molecule has 2 saturated heterocycles. The molecular formula is C16H30N2OS. The molecule has 0 spiro atoms. The molecule has 3 nitrogen and oxygen atoms in total. The second-order valence-corrected chi connectivity index (χ2v) is 7.21. The van der Waals surface area contributed by atoms with Gasteiger partial charge in [-0.25, -0.2) is 0 Å². The summed E-state index contributed by atoms with van der Waals surface area (Å²) >= 11 is 1.83. The van der Waals surface area contributed by atoms with Crippen LogP contribution in [-0.2, 0) is 4.79 Å². The molecule has 0 saturated carbocycles. The monoisotopic (exact) mass is 298 g/mol. The fourth-order valence-electron chi connectivity index (χ4n) is 3.12. The first-order valence-corrected chi connectivity index (χ1v) is 9.59. The molecule has 0 aliphatic carbocycles.